The van der Waals surface area contributed by atoms with E-state index in [-0.39, 0.29) is 0 Å². The summed E-state index contributed by atoms with van der Waals surface area (Å²) in [6.45, 7) is 0. The van der Waals surface area contributed by atoms with Crippen LogP contribution in [0.1, 0.15) is 0 Å². The van der Waals surface area contributed by atoms with E-state index in [9.17, 15) is 0 Å². The second-order valence-electron chi connectivity index (χ2n) is 2.17. The molecule has 0 spiro atoms. The average Bonchev–Trinajstić information content (AvgIpc) is 2.27. The molecule has 0 fully saturated rings. The summed E-state index contributed by atoms with van der Waals surface area (Å²) in [6, 6.07) is 7.81. The fraction of sp³-hybridized carbons (Fsp3) is 0. The molecule has 0 amide bonds. The molecule has 0 bridgehead atoms. The molecule has 2 nitrogen and oxygen atoms in total. The number of nitrogens with zero attached hydrogens (tertiary/aromatic N) is 2. The molecule has 48 valence electrons. The standard InChI is InChI=1S/C8H6N2/c1-10-6-7-4-2-3-5-8(7)9-10/h1-6H. The largest absolute Gasteiger partial charge is 0.264 e. The lowest BCUT2D eigenvalue weighted by molar-refractivity contribution is 0.894. The highest BCUT2D eigenvalue weighted by Gasteiger charge is 1.93. The minimum absolute atomic E-state index is 0.935. The van der Waals surface area contributed by atoms with Crippen LogP contribution in [0.3, 0.4) is 0 Å². The third kappa shape index (κ3) is 0.692. The van der Waals surface area contributed by atoms with Crippen molar-refractivity contribution in [3.63, 3.8) is 0 Å². The second kappa shape index (κ2) is 1.84. The molecule has 0 N–H and O–H groups in total. The lowest BCUT2D eigenvalue weighted by Crippen LogP contribution is -1.81. The maximum absolute atomic E-state index is 5.40. The van der Waals surface area contributed by atoms with Gasteiger partial charge in [0.25, 0.3) is 0 Å². The van der Waals surface area contributed by atoms with Gasteiger partial charge in [-0.15, -0.1) is 0 Å². The van der Waals surface area contributed by atoms with Crippen LogP contribution in [0.5, 0.6) is 0 Å². The highest BCUT2D eigenvalue weighted by Crippen LogP contribution is 2.09. The molecule has 0 saturated heterocycles. The summed E-state index contributed by atoms with van der Waals surface area (Å²) in [5, 5.41) is 5.08. The normalized spacial score (nSPS) is 10.5. The van der Waals surface area contributed by atoms with E-state index in [1.807, 2.05) is 24.3 Å². The van der Waals surface area contributed by atoms with Crippen LogP contribution >= 0.6 is 0 Å². The van der Waals surface area contributed by atoms with Gasteiger partial charge in [0.15, 0.2) is 0 Å². The van der Waals surface area contributed by atoms with E-state index in [1.165, 1.54) is 4.68 Å². The summed E-state index contributed by atoms with van der Waals surface area (Å²) in [7, 11) is 5.40. The lowest BCUT2D eigenvalue weighted by atomic mass is 10.3. The predicted molar refractivity (Wildman–Crippen MR) is 39.4 cm³/mol. The Labute approximate surface area is 59.1 Å². The zero-order chi connectivity index (χ0) is 6.97. The molecule has 0 saturated carbocycles. The zero-order valence-electron chi connectivity index (χ0n) is 5.36. The van der Waals surface area contributed by atoms with Gasteiger partial charge >= 0.3 is 0 Å². The number of aromatic nitrogens is 2. The molecule has 10 heavy (non-hydrogen) atoms. The van der Waals surface area contributed by atoms with Gasteiger partial charge in [-0.2, -0.15) is 5.10 Å². The van der Waals surface area contributed by atoms with Gasteiger partial charge in [0.1, 0.15) is 7.05 Å². The third-order valence-electron chi connectivity index (χ3n) is 1.43. The van der Waals surface area contributed by atoms with Gasteiger partial charge in [-0.25, -0.2) is 0 Å². The lowest BCUT2D eigenvalue weighted by Gasteiger charge is -1.80. The van der Waals surface area contributed by atoms with Crippen molar-refractivity contribution in [3.05, 3.63) is 37.5 Å². The van der Waals surface area contributed by atoms with Crippen LogP contribution in [0.2, 0.25) is 0 Å². The van der Waals surface area contributed by atoms with E-state index in [2.05, 4.69) is 5.10 Å². The molecule has 2 aromatic rings. The summed E-state index contributed by atoms with van der Waals surface area (Å²) in [4.78, 5) is 0. The Morgan fingerprint density at radius 1 is 1.30 bits per heavy atom. The first-order valence-electron chi connectivity index (χ1n) is 3.06. The quantitative estimate of drug-likeness (QED) is 0.529. The fourth-order valence-corrected chi connectivity index (χ4v) is 0.984. The molecule has 1 heterocycles. The van der Waals surface area contributed by atoms with Gasteiger partial charge in [-0.1, -0.05) is 18.2 Å². The minimum atomic E-state index is 0.935. The monoisotopic (exact) mass is 130 g/mol. The fourth-order valence-electron chi connectivity index (χ4n) is 0.984. The summed E-state index contributed by atoms with van der Waals surface area (Å²) < 4.78 is 1.32. The van der Waals surface area contributed by atoms with E-state index < -0.39 is 0 Å². The molecular weight excluding hydrogens is 124 g/mol. The topological polar surface area (TPSA) is 17.8 Å². The van der Waals surface area contributed by atoms with Crippen molar-refractivity contribution in [2.24, 2.45) is 0 Å². The first-order valence-corrected chi connectivity index (χ1v) is 3.06. The summed E-state index contributed by atoms with van der Waals surface area (Å²) in [5.41, 5.74) is 0.935. The predicted octanol–water partition coefficient (Wildman–Crippen LogP) is 1.55. The summed E-state index contributed by atoms with van der Waals surface area (Å²) in [6.07, 6.45) is 1.79. The molecule has 0 aliphatic heterocycles. The summed E-state index contributed by atoms with van der Waals surface area (Å²) >= 11 is 0. The Morgan fingerprint density at radius 3 is 2.90 bits per heavy atom. The van der Waals surface area contributed by atoms with Crippen molar-refractivity contribution in [2.45, 2.75) is 0 Å². The smallest absolute Gasteiger partial charge is 0.101 e. The minimum Gasteiger partial charge on any atom is -0.264 e. The molecule has 0 unspecified atom stereocenters. The van der Waals surface area contributed by atoms with Crippen LogP contribution in [0.4, 0.5) is 0 Å². The van der Waals surface area contributed by atoms with Crippen molar-refractivity contribution < 1.29 is 0 Å². The van der Waals surface area contributed by atoms with E-state index in [0.29, 0.717) is 0 Å². The van der Waals surface area contributed by atoms with Crippen LogP contribution in [-0.2, 0) is 0 Å². The Morgan fingerprint density at radius 2 is 2.10 bits per heavy atom. The van der Waals surface area contributed by atoms with Crippen LogP contribution < -0.4 is 0 Å². The van der Waals surface area contributed by atoms with E-state index in [1.54, 1.807) is 6.20 Å². The Bertz CT molecular complexity index is 316. The molecule has 2 heteroatoms. The van der Waals surface area contributed by atoms with Crippen molar-refractivity contribution >= 4 is 10.9 Å². The van der Waals surface area contributed by atoms with Crippen molar-refractivity contribution in [1.82, 2.24) is 9.78 Å². The maximum atomic E-state index is 5.40. The molecule has 1 aromatic heterocycles. The first-order chi connectivity index (χ1) is 4.86. The SMILES string of the molecule is [CH]n1cc2ccccc2n1. The van der Waals surface area contributed by atoms with Crippen LogP contribution in [0, 0.1) is 7.05 Å². The first kappa shape index (κ1) is 5.47. The van der Waals surface area contributed by atoms with E-state index >= 15 is 0 Å². The average molecular weight is 130 g/mol. The molecule has 0 aliphatic rings. The Hall–Kier alpha value is -1.31. The Balaban J connectivity index is 2.88. The van der Waals surface area contributed by atoms with Gasteiger partial charge in [-0.05, 0) is 6.07 Å². The molecule has 0 atom stereocenters. The van der Waals surface area contributed by atoms with Gasteiger partial charge in [-0.3, -0.25) is 4.68 Å². The summed E-state index contributed by atoms with van der Waals surface area (Å²) in [5.74, 6) is 0. The van der Waals surface area contributed by atoms with Gasteiger partial charge < -0.3 is 0 Å². The van der Waals surface area contributed by atoms with Gasteiger partial charge in [0, 0.05) is 11.6 Å². The number of rotatable bonds is 0. The van der Waals surface area contributed by atoms with Crippen molar-refractivity contribution in [3.8, 4) is 0 Å². The maximum Gasteiger partial charge on any atom is 0.101 e. The van der Waals surface area contributed by atoms with Gasteiger partial charge in [0.05, 0.1) is 5.52 Å². The van der Waals surface area contributed by atoms with Crippen molar-refractivity contribution in [1.29, 1.82) is 0 Å². The van der Waals surface area contributed by atoms with Crippen LogP contribution in [0.15, 0.2) is 30.5 Å². The van der Waals surface area contributed by atoms with Gasteiger partial charge in [0.2, 0.25) is 0 Å². The molecule has 2 radical (unpaired) electrons. The third-order valence-corrected chi connectivity index (χ3v) is 1.43. The van der Waals surface area contributed by atoms with Crippen LogP contribution in [-0.4, -0.2) is 9.78 Å². The highest BCUT2D eigenvalue weighted by molar-refractivity contribution is 5.77. The molecule has 0 aliphatic carbocycles. The number of fused-ring (bicyclic) bond motifs is 1. The molecular formula is C8H6N2. The van der Waals surface area contributed by atoms with Crippen molar-refractivity contribution in [2.75, 3.05) is 0 Å². The second-order valence-corrected chi connectivity index (χ2v) is 2.17. The number of hydrogen-bond acceptors (Lipinski definition) is 1. The number of benzene rings is 1. The van der Waals surface area contributed by atoms with Crippen LogP contribution in [0.25, 0.3) is 10.9 Å². The molecule has 2 rings (SSSR count). The van der Waals surface area contributed by atoms with E-state index in [4.69, 9.17) is 7.05 Å². The highest BCUT2D eigenvalue weighted by atomic mass is 15.2. The van der Waals surface area contributed by atoms with E-state index in [0.717, 1.165) is 10.9 Å². The zero-order valence-corrected chi connectivity index (χ0v) is 5.36. The number of hydrogen-bond donors (Lipinski definition) is 0. The Kier molecular flexibility index (Phi) is 1.01. The molecule has 1 aromatic carbocycles.